The minimum absolute atomic E-state index is 0.462. The van der Waals surface area contributed by atoms with Crippen LogP contribution in [-0.2, 0) is 0 Å². The van der Waals surface area contributed by atoms with Crippen LogP contribution in [-0.4, -0.2) is 11.5 Å². The lowest BCUT2D eigenvalue weighted by Crippen LogP contribution is -2.23. The maximum atomic E-state index is 4.10. The Kier molecular flexibility index (Phi) is 2.19. The van der Waals surface area contributed by atoms with E-state index in [0.29, 0.717) is 6.04 Å². The second kappa shape index (κ2) is 3.50. The molecule has 1 N–H and O–H groups in total. The number of aromatic nitrogens is 1. The van der Waals surface area contributed by atoms with Gasteiger partial charge in [0, 0.05) is 25.0 Å². The normalized spacial score (nSPS) is 22.5. The van der Waals surface area contributed by atoms with Crippen LogP contribution in [0.5, 0.6) is 0 Å². The maximum absolute atomic E-state index is 4.10. The Morgan fingerprint density at radius 2 is 2.42 bits per heavy atom. The summed E-state index contributed by atoms with van der Waals surface area (Å²) in [5.74, 6) is 0. The van der Waals surface area contributed by atoms with E-state index in [1.807, 2.05) is 18.5 Å². The van der Waals surface area contributed by atoms with Crippen molar-refractivity contribution >= 4 is 0 Å². The lowest BCUT2D eigenvalue weighted by Gasteiger charge is -2.19. The van der Waals surface area contributed by atoms with E-state index in [0.717, 1.165) is 13.0 Å². The van der Waals surface area contributed by atoms with Crippen LogP contribution in [0.1, 0.15) is 18.0 Å². The highest BCUT2D eigenvalue weighted by Gasteiger charge is 2.10. The van der Waals surface area contributed by atoms with Gasteiger partial charge in [-0.05, 0) is 18.1 Å². The molecule has 1 aliphatic rings. The van der Waals surface area contributed by atoms with Gasteiger partial charge in [-0.15, -0.1) is 0 Å². The fraction of sp³-hybridized carbons (Fsp3) is 0.300. The van der Waals surface area contributed by atoms with E-state index in [1.165, 1.54) is 5.56 Å². The average molecular weight is 160 g/mol. The molecule has 1 aromatic heterocycles. The van der Waals surface area contributed by atoms with Crippen LogP contribution in [0.4, 0.5) is 0 Å². The zero-order valence-corrected chi connectivity index (χ0v) is 6.90. The lowest BCUT2D eigenvalue weighted by molar-refractivity contribution is 0.553. The zero-order valence-electron chi connectivity index (χ0n) is 6.90. The van der Waals surface area contributed by atoms with Gasteiger partial charge < -0.3 is 5.32 Å². The molecule has 0 unspecified atom stereocenters. The smallest absolute Gasteiger partial charge is 0.0372 e. The molecule has 0 aromatic carbocycles. The van der Waals surface area contributed by atoms with Crippen molar-refractivity contribution in [3.8, 4) is 0 Å². The van der Waals surface area contributed by atoms with Gasteiger partial charge in [-0.2, -0.15) is 0 Å². The molecule has 2 nitrogen and oxygen atoms in total. The van der Waals surface area contributed by atoms with Crippen molar-refractivity contribution in [2.45, 2.75) is 12.5 Å². The summed E-state index contributed by atoms with van der Waals surface area (Å²) in [5.41, 5.74) is 1.28. The van der Waals surface area contributed by atoms with E-state index in [9.17, 15) is 0 Å². The molecule has 2 rings (SSSR count). The van der Waals surface area contributed by atoms with Gasteiger partial charge >= 0.3 is 0 Å². The van der Waals surface area contributed by atoms with E-state index < -0.39 is 0 Å². The van der Waals surface area contributed by atoms with Gasteiger partial charge in [-0.1, -0.05) is 18.2 Å². The van der Waals surface area contributed by atoms with E-state index in [-0.39, 0.29) is 0 Å². The van der Waals surface area contributed by atoms with Crippen LogP contribution in [0.2, 0.25) is 0 Å². The number of nitrogens with one attached hydrogen (secondary N) is 1. The van der Waals surface area contributed by atoms with Gasteiger partial charge in [0.2, 0.25) is 0 Å². The monoisotopic (exact) mass is 160 g/mol. The molecule has 0 aliphatic carbocycles. The molecule has 0 radical (unpaired) electrons. The van der Waals surface area contributed by atoms with Crippen LogP contribution in [0.25, 0.3) is 0 Å². The summed E-state index contributed by atoms with van der Waals surface area (Å²) in [5, 5.41) is 3.41. The van der Waals surface area contributed by atoms with Gasteiger partial charge in [0.05, 0.1) is 0 Å². The maximum Gasteiger partial charge on any atom is 0.0372 e. The van der Waals surface area contributed by atoms with Crippen LogP contribution >= 0.6 is 0 Å². The summed E-state index contributed by atoms with van der Waals surface area (Å²) >= 11 is 0. The number of pyridine rings is 1. The van der Waals surface area contributed by atoms with E-state index in [2.05, 4.69) is 28.5 Å². The first-order chi connectivity index (χ1) is 5.97. The minimum atomic E-state index is 0.462. The Morgan fingerprint density at radius 1 is 1.42 bits per heavy atom. The van der Waals surface area contributed by atoms with Crippen LogP contribution in [0.15, 0.2) is 36.7 Å². The van der Waals surface area contributed by atoms with Gasteiger partial charge in [0.25, 0.3) is 0 Å². The van der Waals surface area contributed by atoms with E-state index in [1.54, 1.807) is 0 Å². The Morgan fingerprint density at radius 3 is 3.08 bits per heavy atom. The number of nitrogens with zero attached hydrogens (tertiary/aromatic N) is 1. The van der Waals surface area contributed by atoms with Crippen molar-refractivity contribution in [2.24, 2.45) is 0 Å². The lowest BCUT2D eigenvalue weighted by atomic mass is 10.0. The molecule has 0 saturated heterocycles. The third-order valence-electron chi connectivity index (χ3n) is 2.11. The van der Waals surface area contributed by atoms with Crippen molar-refractivity contribution in [3.63, 3.8) is 0 Å². The molecule has 0 spiro atoms. The SMILES string of the molecule is C1=CC[C@@H](c2cccnc2)NC1. The fourth-order valence-electron chi connectivity index (χ4n) is 1.45. The number of hydrogen-bond donors (Lipinski definition) is 1. The summed E-state index contributed by atoms with van der Waals surface area (Å²) in [7, 11) is 0. The number of rotatable bonds is 1. The van der Waals surface area contributed by atoms with Crippen LogP contribution < -0.4 is 5.32 Å². The zero-order chi connectivity index (χ0) is 8.23. The molecule has 12 heavy (non-hydrogen) atoms. The van der Waals surface area contributed by atoms with Gasteiger partial charge in [0.1, 0.15) is 0 Å². The fourth-order valence-corrected chi connectivity index (χ4v) is 1.45. The Hall–Kier alpha value is -1.15. The Labute approximate surface area is 72.3 Å². The highest BCUT2D eigenvalue weighted by Crippen LogP contribution is 2.17. The topological polar surface area (TPSA) is 24.9 Å². The first-order valence-electron chi connectivity index (χ1n) is 4.25. The first kappa shape index (κ1) is 7.50. The molecule has 1 aromatic rings. The molecule has 0 bridgehead atoms. The molecule has 0 amide bonds. The molecule has 1 atom stereocenters. The first-order valence-corrected chi connectivity index (χ1v) is 4.25. The highest BCUT2D eigenvalue weighted by atomic mass is 14.9. The third kappa shape index (κ3) is 1.53. The molecule has 62 valence electrons. The number of hydrogen-bond acceptors (Lipinski definition) is 2. The predicted octanol–water partition coefficient (Wildman–Crippen LogP) is 1.67. The third-order valence-corrected chi connectivity index (χ3v) is 2.11. The van der Waals surface area contributed by atoms with Crippen molar-refractivity contribution < 1.29 is 0 Å². The quantitative estimate of drug-likeness (QED) is 0.632. The molecule has 0 fully saturated rings. The highest BCUT2D eigenvalue weighted by molar-refractivity contribution is 5.16. The summed E-state index contributed by atoms with van der Waals surface area (Å²) < 4.78 is 0. The van der Waals surface area contributed by atoms with Gasteiger partial charge in [0.15, 0.2) is 0 Å². The molecule has 1 aliphatic heterocycles. The van der Waals surface area contributed by atoms with Crippen molar-refractivity contribution in [1.29, 1.82) is 0 Å². The largest absolute Gasteiger partial charge is 0.306 e. The molecule has 0 saturated carbocycles. The van der Waals surface area contributed by atoms with Crippen molar-refractivity contribution in [1.82, 2.24) is 10.3 Å². The summed E-state index contributed by atoms with van der Waals surface area (Å²) in [4.78, 5) is 4.10. The summed E-state index contributed by atoms with van der Waals surface area (Å²) in [6, 6.07) is 4.56. The molecule has 2 heterocycles. The molecule has 2 heteroatoms. The van der Waals surface area contributed by atoms with Gasteiger partial charge in [-0.25, -0.2) is 0 Å². The second-order valence-corrected chi connectivity index (χ2v) is 2.95. The summed E-state index contributed by atoms with van der Waals surface area (Å²) in [6.45, 7) is 0.972. The van der Waals surface area contributed by atoms with Crippen molar-refractivity contribution in [2.75, 3.05) is 6.54 Å². The van der Waals surface area contributed by atoms with E-state index >= 15 is 0 Å². The van der Waals surface area contributed by atoms with Crippen LogP contribution in [0.3, 0.4) is 0 Å². The van der Waals surface area contributed by atoms with Crippen LogP contribution in [0, 0.1) is 0 Å². The van der Waals surface area contributed by atoms with Crippen molar-refractivity contribution in [3.05, 3.63) is 42.2 Å². The molecular weight excluding hydrogens is 148 g/mol. The predicted molar refractivity (Wildman–Crippen MR) is 48.7 cm³/mol. The minimum Gasteiger partial charge on any atom is -0.306 e. The second-order valence-electron chi connectivity index (χ2n) is 2.95. The summed E-state index contributed by atoms with van der Waals surface area (Å²) in [6.07, 6.45) is 9.19. The van der Waals surface area contributed by atoms with E-state index in [4.69, 9.17) is 0 Å². The Bertz CT molecular complexity index is 266. The Balaban J connectivity index is 2.15. The standard InChI is InChI=1S/C10H12N2/c1-2-7-12-10(5-1)9-4-3-6-11-8-9/h1-4,6,8,10,12H,5,7H2/t10-/m0/s1. The van der Waals surface area contributed by atoms with Gasteiger partial charge in [-0.3, -0.25) is 4.98 Å². The average Bonchev–Trinajstić information content (AvgIpc) is 2.21. The molecular formula is C10H12N2.